The Labute approximate surface area is 251 Å². The summed E-state index contributed by atoms with van der Waals surface area (Å²) < 4.78 is 13.0. The lowest BCUT2D eigenvalue weighted by Gasteiger charge is -2.24. The fourth-order valence-corrected chi connectivity index (χ4v) is 6.39. The number of carbonyl (C=O) groups excluding carboxylic acids is 2. The van der Waals surface area contributed by atoms with Crippen LogP contribution in [-0.2, 0) is 9.59 Å². The maximum absolute atomic E-state index is 13.9. The van der Waals surface area contributed by atoms with E-state index in [1.807, 2.05) is 72.3 Å². The quantitative estimate of drug-likeness (QED) is 0.265. The first-order chi connectivity index (χ1) is 20.4. The molecule has 0 radical (unpaired) electrons. The molecule has 4 aromatic rings. The maximum Gasteiger partial charge on any atom is 0.240 e. The van der Waals surface area contributed by atoms with E-state index in [1.54, 1.807) is 19.1 Å². The van der Waals surface area contributed by atoms with Crippen LogP contribution < -0.4 is 19.7 Å². The van der Waals surface area contributed by atoms with Crippen molar-refractivity contribution in [3.8, 4) is 28.4 Å². The van der Waals surface area contributed by atoms with Crippen molar-refractivity contribution >= 4 is 29.4 Å². The number of nitrogens with zero attached hydrogens (tertiary/aromatic N) is 3. The van der Waals surface area contributed by atoms with Gasteiger partial charge in [-0.2, -0.15) is 5.10 Å². The Morgan fingerprint density at radius 1 is 1.02 bits per heavy atom. The molecule has 1 aliphatic heterocycles. The fourth-order valence-electron chi connectivity index (χ4n) is 5.20. The molecular weight excluding hydrogens is 548 g/mol. The van der Waals surface area contributed by atoms with Crippen molar-refractivity contribution in [3.05, 3.63) is 89.0 Å². The highest BCUT2D eigenvalue weighted by Gasteiger charge is 2.38. The van der Waals surface area contributed by atoms with E-state index in [2.05, 4.69) is 25.2 Å². The Kier molecular flexibility index (Phi) is 8.87. The first-order valence-corrected chi connectivity index (χ1v) is 15.1. The van der Waals surface area contributed by atoms with Gasteiger partial charge in [-0.1, -0.05) is 55.5 Å². The third-order valence-electron chi connectivity index (χ3n) is 7.52. The number of aromatic nitrogens is 2. The first kappa shape index (κ1) is 29.3. The Bertz CT molecular complexity index is 1600. The molecule has 1 N–H and O–H groups in total. The van der Waals surface area contributed by atoms with Crippen LogP contribution in [-0.4, -0.2) is 54.7 Å². The second kappa shape index (κ2) is 12.7. The lowest BCUT2D eigenvalue weighted by molar-refractivity contribution is -0.122. The van der Waals surface area contributed by atoms with Crippen molar-refractivity contribution in [2.24, 2.45) is 0 Å². The van der Waals surface area contributed by atoms with Gasteiger partial charge in [-0.25, -0.2) is 4.68 Å². The Morgan fingerprint density at radius 3 is 2.50 bits per heavy atom. The molecule has 3 aromatic carbocycles. The molecule has 1 unspecified atom stereocenters. The topological polar surface area (TPSA) is 85.7 Å². The number of methoxy groups -OCH3 is 2. The summed E-state index contributed by atoms with van der Waals surface area (Å²) in [5.41, 5.74) is 6.51. The van der Waals surface area contributed by atoms with Crippen molar-refractivity contribution < 1.29 is 19.1 Å². The van der Waals surface area contributed by atoms with E-state index < -0.39 is 0 Å². The summed E-state index contributed by atoms with van der Waals surface area (Å²) >= 11 is 1.52. The number of ether oxygens (including phenoxy) is 2. The van der Waals surface area contributed by atoms with Crippen LogP contribution in [0.2, 0.25) is 0 Å². The SMILES string of the molecule is CCCNC(=O)CN1C(=O)CSC(c2ccc(OC)c(OC)c2)c2c(-c3ccccc3)nn(-c3cccc(C)c3C)c21. The van der Waals surface area contributed by atoms with Crippen LogP contribution in [0.1, 0.15) is 40.8 Å². The maximum atomic E-state index is 13.9. The summed E-state index contributed by atoms with van der Waals surface area (Å²) in [6.45, 7) is 6.56. The molecule has 5 rings (SSSR count). The van der Waals surface area contributed by atoms with Crippen molar-refractivity contribution in [1.29, 1.82) is 0 Å². The van der Waals surface area contributed by atoms with Crippen molar-refractivity contribution in [3.63, 3.8) is 0 Å². The molecule has 0 aliphatic carbocycles. The zero-order valence-electron chi connectivity index (χ0n) is 24.6. The lowest BCUT2D eigenvalue weighted by atomic mass is 9.99. The van der Waals surface area contributed by atoms with Crippen LogP contribution in [0, 0.1) is 13.8 Å². The third kappa shape index (κ3) is 5.61. The highest BCUT2D eigenvalue weighted by Crippen LogP contribution is 2.49. The van der Waals surface area contributed by atoms with E-state index in [-0.39, 0.29) is 29.4 Å². The third-order valence-corrected chi connectivity index (χ3v) is 8.78. The zero-order chi connectivity index (χ0) is 29.8. The number of rotatable bonds is 9. The van der Waals surface area contributed by atoms with Gasteiger partial charge >= 0.3 is 0 Å². The molecule has 8 nitrogen and oxygen atoms in total. The number of carbonyl (C=O) groups is 2. The predicted octanol–water partition coefficient (Wildman–Crippen LogP) is 5.87. The number of nitrogens with one attached hydrogen (secondary N) is 1. The van der Waals surface area contributed by atoms with Gasteiger partial charge < -0.3 is 14.8 Å². The average Bonchev–Trinajstić information content (AvgIpc) is 3.33. The molecule has 2 heterocycles. The van der Waals surface area contributed by atoms with E-state index in [0.717, 1.165) is 45.6 Å². The minimum Gasteiger partial charge on any atom is -0.493 e. The van der Waals surface area contributed by atoms with Crippen molar-refractivity contribution in [1.82, 2.24) is 15.1 Å². The molecule has 1 aromatic heterocycles. The number of hydrogen-bond acceptors (Lipinski definition) is 6. The highest BCUT2D eigenvalue weighted by atomic mass is 32.2. The summed E-state index contributed by atoms with van der Waals surface area (Å²) in [5.74, 6) is 1.66. The minimum absolute atomic E-state index is 0.101. The van der Waals surface area contributed by atoms with Crippen molar-refractivity contribution in [2.75, 3.05) is 38.0 Å². The lowest BCUT2D eigenvalue weighted by Crippen LogP contribution is -2.42. The average molecular weight is 585 g/mol. The monoisotopic (exact) mass is 584 g/mol. The van der Waals surface area contributed by atoms with E-state index in [1.165, 1.54) is 11.8 Å². The number of fused-ring (bicyclic) bond motifs is 1. The van der Waals surface area contributed by atoms with Crippen LogP contribution in [0.3, 0.4) is 0 Å². The first-order valence-electron chi connectivity index (χ1n) is 14.0. The number of hydrogen-bond donors (Lipinski definition) is 1. The molecule has 0 bridgehead atoms. The molecule has 0 saturated heterocycles. The van der Waals surface area contributed by atoms with Crippen LogP contribution in [0.4, 0.5) is 5.82 Å². The van der Waals surface area contributed by atoms with Gasteiger partial charge in [0.1, 0.15) is 12.4 Å². The van der Waals surface area contributed by atoms with Crippen LogP contribution in [0.25, 0.3) is 16.9 Å². The van der Waals surface area contributed by atoms with Crippen LogP contribution in [0.15, 0.2) is 66.7 Å². The molecule has 9 heteroatoms. The van der Waals surface area contributed by atoms with E-state index in [0.29, 0.717) is 23.9 Å². The standard InChI is InChI=1S/C33H36N4O4S/c1-6-17-34-28(38)19-36-29(39)20-42-32(24-15-16-26(40-4)27(18-24)41-5)30-31(23-12-8-7-9-13-23)35-37(33(30)36)25-14-10-11-21(2)22(25)3/h7-16,18,32H,6,17,19-20H2,1-5H3,(H,34,38). The predicted molar refractivity (Wildman–Crippen MR) is 168 cm³/mol. The van der Waals surface area contributed by atoms with Crippen LogP contribution in [0.5, 0.6) is 11.5 Å². The second-order valence-corrected chi connectivity index (χ2v) is 11.3. The fraction of sp³-hybridized carbons (Fsp3) is 0.303. The molecule has 2 amide bonds. The number of amides is 2. The molecule has 1 aliphatic rings. The Balaban J connectivity index is 1.82. The van der Waals surface area contributed by atoms with E-state index in [9.17, 15) is 9.59 Å². The van der Waals surface area contributed by atoms with Gasteiger partial charge in [0.2, 0.25) is 11.8 Å². The minimum atomic E-state index is -0.276. The molecular formula is C33H36N4O4S. The Hall–Kier alpha value is -4.24. The van der Waals surface area contributed by atoms with Gasteiger partial charge in [-0.3, -0.25) is 14.5 Å². The molecule has 218 valence electrons. The summed E-state index contributed by atoms with van der Waals surface area (Å²) in [6.07, 6.45) is 0.806. The van der Waals surface area contributed by atoms with Gasteiger partial charge in [-0.15, -0.1) is 11.8 Å². The summed E-state index contributed by atoms with van der Waals surface area (Å²) in [5, 5.41) is 7.87. The van der Waals surface area contributed by atoms with Crippen LogP contribution >= 0.6 is 11.8 Å². The van der Waals surface area contributed by atoms with E-state index >= 15 is 0 Å². The molecule has 0 spiro atoms. The largest absolute Gasteiger partial charge is 0.493 e. The van der Waals surface area contributed by atoms with Gasteiger partial charge in [0.05, 0.1) is 36.6 Å². The Morgan fingerprint density at radius 2 is 1.79 bits per heavy atom. The number of anilines is 1. The van der Waals surface area contributed by atoms with Crippen molar-refractivity contribution in [2.45, 2.75) is 32.4 Å². The zero-order valence-corrected chi connectivity index (χ0v) is 25.5. The molecule has 42 heavy (non-hydrogen) atoms. The molecule has 0 saturated carbocycles. The summed E-state index contributed by atoms with van der Waals surface area (Å²) in [7, 11) is 3.22. The van der Waals surface area contributed by atoms with Gasteiger partial charge in [0.25, 0.3) is 0 Å². The smallest absolute Gasteiger partial charge is 0.240 e. The van der Waals surface area contributed by atoms with Gasteiger partial charge in [0.15, 0.2) is 11.5 Å². The van der Waals surface area contributed by atoms with E-state index in [4.69, 9.17) is 14.6 Å². The highest BCUT2D eigenvalue weighted by molar-refractivity contribution is 8.00. The number of aryl methyl sites for hydroxylation is 1. The summed E-state index contributed by atoms with van der Waals surface area (Å²) in [4.78, 5) is 28.6. The van der Waals surface area contributed by atoms with Gasteiger partial charge in [-0.05, 0) is 55.2 Å². The molecule has 0 fully saturated rings. The normalized spacial score (nSPS) is 14.7. The second-order valence-electron chi connectivity index (χ2n) is 10.2. The number of thioether (sulfide) groups is 1. The summed E-state index contributed by atoms with van der Waals surface area (Å²) in [6, 6.07) is 21.9. The number of benzene rings is 3. The van der Waals surface area contributed by atoms with Gasteiger partial charge in [0, 0.05) is 17.7 Å². The molecule has 1 atom stereocenters.